The van der Waals surface area contributed by atoms with Crippen molar-refractivity contribution in [1.82, 2.24) is 5.01 Å². The van der Waals surface area contributed by atoms with Gasteiger partial charge in [0, 0.05) is 0 Å². The summed E-state index contributed by atoms with van der Waals surface area (Å²) in [4.78, 5) is 10.8. The molecule has 0 bridgehead atoms. The second-order valence-electron chi connectivity index (χ2n) is 2.85. The van der Waals surface area contributed by atoms with Crippen LogP contribution < -0.4 is 5.84 Å². The molecular formula is C6H10N2O. The fourth-order valence-electron chi connectivity index (χ4n) is 1.83. The Morgan fingerprint density at radius 1 is 1.56 bits per heavy atom. The van der Waals surface area contributed by atoms with Gasteiger partial charge >= 0.3 is 0 Å². The molecule has 0 spiro atoms. The van der Waals surface area contributed by atoms with Crippen LogP contribution in [0.2, 0.25) is 0 Å². The van der Waals surface area contributed by atoms with E-state index in [1.165, 1.54) is 11.4 Å². The van der Waals surface area contributed by atoms with Gasteiger partial charge in [0.05, 0.1) is 12.0 Å². The first-order chi connectivity index (χ1) is 4.30. The molecule has 1 saturated carbocycles. The Hall–Kier alpha value is -0.570. The predicted octanol–water partition coefficient (Wildman–Crippen LogP) is -0.129. The topological polar surface area (TPSA) is 46.3 Å². The second-order valence-corrected chi connectivity index (χ2v) is 2.85. The molecule has 2 rings (SSSR count). The van der Waals surface area contributed by atoms with Crippen LogP contribution in [0.4, 0.5) is 0 Å². The summed E-state index contributed by atoms with van der Waals surface area (Å²) in [5.74, 6) is 5.84. The van der Waals surface area contributed by atoms with Crippen molar-refractivity contribution < 1.29 is 4.79 Å². The number of nitrogens with zero attached hydrogens (tertiary/aromatic N) is 1. The number of rotatable bonds is 0. The maximum absolute atomic E-state index is 10.8. The first-order valence-electron chi connectivity index (χ1n) is 3.38. The van der Waals surface area contributed by atoms with Crippen LogP contribution in [-0.4, -0.2) is 17.0 Å². The van der Waals surface area contributed by atoms with Crippen molar-refractivity contribution >= 4 is 5.91 Å². The van der Waals surface area contributed by atoms with Crippen molar-refractivity contribution in [3.8, 4) is 0 Å². The lowest BCUT2D eigenvalue weighted by molar-refractivity contribution is -0.154. The number of hydrogen-bond donors (Lipinski definition) is 1. The Balaban J connectivity index is 2.14. The molecule has 1 amide bonds. The van der Waals surface area contributed by atoms with E-state index in [9.17, 15) is 4.79 Å². The van der Waals surface area contributed by atoms with Gasteiger partial charge in [-0.25, -0.2) is 5.84 Å². The molecule has 0 aromatic carbocycles. The summed E-state index contributed by atoms with van der Waals surface area (Å²) < 4.78 is 0. The van der Waals surface area contributed by atoms with Gasteiger partial charge in [0.25, 0.3) is 0 Å². The minimum atomic E-state index is 0.150. The highest BCUT2D eigenvalue weighted by Gasteiger charge is 2.48. The molecule has 2 fully saturated rings. The Bertz CT molecular complexity index is 157. The van der Waals surface area contributed by atoms with E-state index < -0.39 is 0 Å². The highest BCUT2D eigenvalue weighted by molar-refractivity contribution is 5.85. The zero-order chi connectivity index (χ0) is 6.43. The van der Waals surface area contributed by atoms with Crippen molar-refractivity contribution in [2.75, 3.05) is 0 Å². The van der Waals surface area contributed by atoms with Crippen molar-refractivity contribution in [1.29, 1.82) is 0 Å². The van der Waals surface area contributed by atoms with Crippen molar-refractivity contribution in [2.24, 2.45) is 11.8 Å². The fraction of sp³-hybridized carbons (Fsp3) is 0.833. The van der Waals surface area contributed by atoms with E-state index in [4.69, 9.17) is 5.84 Å². The van der Waals surface area contributed by atoms with Gasteiger partial charge in [-0.3, -0.25) is 9.80 Å². The van der Waals surface area contributed by atoms with Crippen LogP contribution >= 0.6 is 0 Å². The number of β-lactam (4-membered cyclic amide) rings is 1. The zero-order valence-corrected chi connectivity index (χ0v) is 5.21. The molecule has 9 heavy (non-hydrogen) atoms. The summed E-state index contributed by atoms with van der Waals surface area (Å²) >= 11 is 0. The third kappa shape index (κ3) is 0.477. The van der Waals surface area contributed by atoms with E-state index in [1.54, 1.807) is 0 Å². The third-order valence-corrected chi connectivity index (χ3v) is 2.41. The summed E-state index contributed by atoms with van der Waals surface area (Å²) in [5, 5.41) is 1.39. The molecular weight excluding hydrogens is 116 g/mol. The van der Waals surface area contributed by atoms with Crippen LogP contribution in [-0.2, 0) is 4.79 Å². The third-order valence-electron chi connectivity index (χ3n) is 2.41. The van der Waals surface area contributed by atoms with Crippen molar-refractivity contribution in [3.05, 3.63) is 0 Å². The summed E-state index contributed by atoms with van der Waals surface area (Å²) in [6.45, 7) is 0. The minimum Gasteiger partial charge on any atom is -0.276 e. The number of fused-ring (bicyclic) bond motifs is 1. The molecule has 2 aliphatic rings. The van der Waals surface area contributed by atoms with Crippen molar-refractivity contribution in [3.63, 3.8) is 0 Å². The first kappa shape index (κ1) is 5.23. The lowest BCUT2D eigenvalue weighted by atomic mass is 9.93. The Kier molecular flexibility index (Phi) is 0.858. The highest BCUT2D eigenvalue weighted by atomic mass is 16.2. The Morgan fingerprint density at radius 3 is 3.00 bits per heavy atom. The summed E-state index contributed by atoms with van der Waals surface area (Å²) in [6.07, 6.45) is 3.36. The molecule has 2 N–H and O–H groups in total. The molecule has 2 atom stereocenters. The minimum absolute atomic E-state index is 0.150. The molecule has 0 aromatic heterocycles. The maximum Gasteiger partial charge on any atom is 0.242 e. The van der Waals surface area contributed by atoms with Gasteiger partial charge < -0.3 is 0 Å². The van der Waals surface area contributed by atoms with Crippen LogP contribution in [0.5, 0.6) is 0 Å². The first-order valence-corrected chi connectivity index (χ1v) is 3.38. The molecule has 0 radical (unpaired) electrons. The molecule has 3 heteroatoms. The average Bonchev–Trinajstić information content (AvgIpc) is 2.30. The molecule has 1 saturated heterocycles. The number of amides is 1. The second kappa shape index (κ2) is 1.48. The molecule has 1 aliphatic heterocycles. The van der Waals surface area contributed by atoms with E-state index >= 15 is 0 Å². The van der Waals surface area contributed by atoms with Crippen molar-refractivity contribution in [2.45, 2.75) is 25.3 Å². The van der Waals surface area contributed by atoms with E-state index in [-0.39, 0.29) is 5.91 Å². The van der Waals surface area contributed by atoms with Crippen LogP contribution in [0, 0.1) is 5.92 Å². The van der Waals surface area contributed by atoms with Crippen LogP contribution in [0.15, 0.2) is 0 Å². The SMILES string of the molecule is NN1C(=O)C2CCCC21. The lowest BCUT2D eigenvalue weighted by Gasteiger charge is -2.39. The maximum atomic E-state index is 10.8. The smallest absolute Gasteiger partial charge is 0.242 e. The zero-order valence-electron chi connectivity index (χ0n) is 5.21. The van der Waals surface area contributed by atoms with E-state index in [2.05, 4.69) is 0 Å². The number of hydrazine groups is 1. The average molecular weight is 126 g/mol. The lowest BCUT2D eigenvalue weighted by Crippen LogP contribution is -2.61. The van der Waals surface area contributed by atoms with Gasteiger partial charge in [-0.05, 0) is 12.8 Å². The normalized spacial score (nSPS) is 40.6. The summed E-state index contributed by atoms with van der Waals surface area (Å²) in [5.41, 5.74) is 0. The molecule has 3 nitrogen and oxygen atoms in total. The van der Waals surface area contributed by atoms with Crippen LogP contribution in [0.1, 0.15) is 19.3 Å². The number of hydrogen-bond acceptors (Lipinski definition) is 2. The Labute approximate surface area is 53.8 Å². The molecule has 1 heterocycles. The van der Waals surface area contributed by atoms with E-state index in [1.807, 2.05) is 0 Å². The number of carbonyl (C=O) groups is 1. The van der Waals surface area contributed by atoms with Crippen LogP contribution in [0.3, 0.4) is 0 Å². The predicted molar refractivity (Wildman–Crippen MR) is 32.2 cm³/mol. The van der Waals surface area contributed by atoms with Gasteiger partial charge in [0.2, 0.25) is 5.91 Å². The van der Waals surface area contributed by atoms with Gasteiger partial charge in [0.1, 0.15) is 0 Å². The molecule has 2 unspecified atom stereocenters. The van der Waals surface area contributed by atoms with Crippen LogP contribution in [0.25, 0.3) is 0 Å². The monoisotopic (exact) mass is 126 g/mol. The van der Waals surface area contributed by atoms with Gasteiger partial charge in [0.15, 0.2) is 0 Å². The molecule has 50 valence electrons. The largest absolute Gasteiger partial charge is 0.276 e. The Morgan fingerprint density at radius 2 is 2.33 bits per heavy atom. The summed E-state index contributed by atoms with van der Waals surface area (Å²) in [7, 11) is 0. The standard InChI is InChI=1S/C6H10N2O/c7-8-5-3-1-2-4(5)6(8)9/h4-5H,1-3,7H2. The number of carbonyl (C=O) groups excluding carboxylic acids is 1. The molecule has 1 aliphatic carbocycles. The van der Waals surface area contributed by atoms with Gasteiger partial charge in [-0.15, -0.1) is 0 Å². The number of nitrogens with two attached hydrogens (primary N) is 1. The fourth-order valence-corrected chi connectivity index (χ4v) is 1.83. The molecule has 0 aromatic rings. The van der Waals surface area contributed by atoms with Gasteiger partial charge in [-0.2, -0.15) is 0 Å². The van der Waals surface area contributed by atoms with Gasteiger partial charge in [-0.1, -0.05) is 6.42 Å². The summed E-state index contributed by atoms with van der Waals surface area (Å²) in [6, 6.07) is 0.400. The van der Waals surface area contributed by atoms with E-state index in [0.29, 0.717) is 12.0 Å². The quantitative estimate of drug-likeness (QED) is 0.279. The highest BCUT2D eigenvalue weighted by Crippen LogP contribution is 2.37. The van der Waals surface area contributed by atoms with E-state index in [0.717, 1.165) is 12.8 Å².